The molecule has 0 bridgehead atoms. The average Bonchev–Trinajstić information content (AvgIpc) is 2.68. The van der Waals surface area contributed by atoms with Gasteiger partial charge in [-0.2, -0.15) is 5.26 Å². The maximum absolute atomic E-state index is 14.6. The Labute approximate surface area is 164 Å². The van der Waals surface area contributed by atoms with E-state index in [4.69, 9.17) is 5.26 Å². The van der Waals surface area contributed by atoms with Crippen LogP contribution in [0.4, 0.5) is 13.2 Å². The van der Waals surface area contributed by atoms with Gasteiger partial charge in [0.2, 0.25) is 0 Å². The Bertz CT molecular complexity index is 866. The van der Waals surface area contributed by atoms with E-state index in [1.54, 1.807) is 12.1 Å². The Hall–Kier alpha value is -2.54. The number of rotatable bonds is 6. The van der Waals surface area contributed by atoms with Gasteiger partial charge in [-0.3, -0.25) is 0 Å². The highest BCUT2D eigenvalue weighted by atomic mass is 19.1. The lowest BCUT2D eigenvalue weighted by molar-refractivity contribution is 0.328. The third kappa shape index (κ3) is 4.65. The lowest BCUT2D eigenvalue weighted by Gasteiger charge is -2.28. The van der Waals surface area contributed by atoms with Crippen molar-refractivity contribution in [3.05, 3.63) is 82.7 Å². The number of aryl methyl sites for hydroxylation is 2. The molecule has 146 valence electrons. The molecule has 1 nitrogen and oxygen atoms in total. The maximum Gasteiger partial charge on any atom is 0.144 e. The van der Waals surface area contributed by atoms with Crippen LogP contribution in [0.2, 0.25) is 0 Å². The van der Waals surface area contributed by atoms with E-state index in [-0.39, 0.29) is 5.82 Å². The second kappa shape index (κ2) is 9.10. The minimum absolute atomic E-state index is 0.264. The molecule has 0 atom stereocenters. The molecule has 3 rings (SSSR count). The Kier molecular flexibility index (Phi) is 6.57. The van der Waals surface area contributed by atoms with Crippen LogP contribution in [-0.2, 0) is 12.8 Å². The first-order chi connectivity index (χ1) is 13.5. The second-order valence-corrected chi connectivity index (χ2v) is 7.64. The first kappa shape index (κ1) is 20.2. The molecule has 4 heteroatoms. The lowest BCUT2D eigenvalue weighted by atomic mass is 9.77. The van der Waals surface area contributed by atoms with Crippen molar-refractivity contribution >= 4 is 0 Å². The summed E-state index contributed by atoms with van der Waals surface area (Å²) in [7, 11) is 0. The summed E-state index contributed by atoms with van der Waals surface area (Å²) in [6.45, 7) is 3.81. The van der Waals surface area contributed by atoms with E-state index < -0.39 is 17.2 Å². The summed E-state index contributed by atoms with van der Waals surface area (Å²) in [5.74, 6) is -0.918. The molecular weight excluding hydrogens is 359 g/mol. The van der Waals surface area contributed by atoms with Crippen LogP contribution >= 0.6 is 0 Å². The van der Waals surface area contributed by atoms with Crippen LogP contribution in [0.15, 0.2) is 43.0 Å². The monoisotopic (exact) mass is 383 g/mol. The van der Waals surface area contributed by atoms with Crippen molar-refractivity contribution in [1.82, 2.24) is 0 Å². The SMILES string of the molecule is C=CCC1CCC(c2ccc(CCc3cc(F)c(C#N)c(F)c3)c(F)c2)CC1. The molecule has 1 aliphatic rings. The molecule has 0 unspecified atom stereocenters. The number of halogens is 3. The van der Waals surface area contributed by atoms with Gasteiger partial charge in [-0.15, -0.1) is 6.58 Å². The standard InChI is InChI=1S/C24H24F3N/c1-2-3-16-4-7-18(8-5-16)20-11-10-19(22(25)14-20)9-6-17-12-23(26)21(15-28)24(27)13-17/h2,10-14,16,18H,1,3-9H2. The number of hydrogen-bond donors (Lipinski definition) is 0. The van der Waals surface area contributed by atoms with Crippen LogP contribution in [-0.4, -0.2) is 0 Å². The number of hydrogen-bond acceptors (Lipinski definition) is 1. The molecule has 0 aromatic heterocycles. The molecule has 0 N–H and O–H groups in total. The highest BCUT2D eigenvalue weighted by Crippen LogP contribution is 2.37. The molecule has 2 aromatic carbocycles. The van der Waals surface area contributed by atoms with E-state index in [1.165, 1.54) is 6.07 Å². The molecule has 0 heterocycles. The van der Waals surface area contributed by atoms with E-state index >= 15 is 0 Å². The highest BCUT2D eigenvalue weighted by Gasteiger charge is 2.22. The smallest absolute Gasteiger partial charge is 0.144 e. The van der Waals surface area contributed by atoms with E-state index in [2.05, 4.69) is 6.58 Å². The second-order valence-electron chi connectivity index (χ2n) is 7.64. The first-order valence-corrected chi connectivity index (χ1v) is 9.79. The Morgan fingerprint density at radius 3 is 2.21 bits per heavy atom. The number of allylic oxidation sites excluding steroid dienone is 1. The summed E-state index contributed by atoms with van der Waals surface area (Å²) >= 11 is 0. The zero-order valence-corrected chi connectivity index (χ0v) is 15.9. The van der Waals surface area contributed by atoms with Gasteiger partial charge in [0.15, 0.2) is 0 Å². The molecule has 0 aliphatic heterocycles. The minimum Gasteiger partial charge on any atom is -0.207 e. The summed E-state index contributed by atoms with van der Waals surface area (Å²) in [6.07, 6.45) is 8.13. The van der Waals surface area contributed by atoms with Crippen LogP contribution in [0.25, 0.3) is 0 Å². The van der Waals surface area contributed by atoms with Crippen LogP contribution in [0.3, 0.4) is 0 Å². The largest absolute Gasteiger partial charge is 0.207 e. The fraction of sp³-hybridized carbons (Fsp3) is 0.375. The maximum atomic E-state index is 14.6. The molecule has 0 amide bonds. The number of nitriles is 1. The van der Waals surface area contributed by atoms with Gasteiger partial charge < -0.3 is 0 Å². The molecule has 2 aromatic rings. The van der Waals surface area contributed by atoms with E-state index in [0.29, 0.717) is 35.8 Å². The highest BCUT2D eigenvalue weighted by molar-refractivity contribution is 5.36. The third-order valence-corrected chi connectivity index (χ3v) is 5.79. The summed E-state index contributed by atoms with van der Waals surface area (Å²) in [5.41, 5.74) is 1.41. The summed E-state index contributed by atoms with van der Waals surface area (Å²) in [5, 5.41) is 8.73. The van der Waals surface area contributed by atoms with Gasteiger partial charge in [0.1, 0.15) is 29.1 Å². The molecule has 1 saturated carbocycles. The molecule has 1 aliphatic carbocycles. The van der Waals surface area contributed by atoms with Gasteiger partial charge >= 0.3 is 0 Å². The lowest BCUT2D eigenvalue weighted by Crippen LogP contribution is -2.13. The quantitative estimate of drug-likeness (QED) is 0.515. The molecule has 28 heavy (non-hydrogen) atoms. The molecule has 1 fully saturated rings. The van der Waals surface area contributed by atoms with Crippen LogP contribution in [0, 0.1) is 34.7 Å². The molecular formula is C24H24F3N. The normalized spacial score (nSPS) is 19.2. The van der Waals surface area contributed by atoms with Crippen molar-refractivity contribution in [2.45, 2.75) is 50.9 Å². The molecule has 0 saturated heterocycles. The number of nitrogens with zero attached hydrogens (tertiary/aromatic N) is 1. The predicted molar refractivity (Wildman–Crippen MR) is 104 cm³/mol. The van der Waals surface area contributed by atoms with Crippen LogP contribution < -0.4 is 0 Å². The fourth-order valence-corrected chi connectivity index (χ4v) is 4.14. The Morgan fingerprint density at radius 1 is 0.964 bits per heavy atom. The van der Waals surface area contributed by atoms with Gasteiger partial charge in [-0.05, 0) is 91.7 Å². The zero-order valence-electron chi connectivity index (χ0n) is 15.9. The third-order valence-electron chi connectivity index (χ3n) is 5.79. The van der Waals surface area contributed by atoms with E-state index in [1.807, 2.05) is 12.1 Å². The summed E-state index contributed by atoms with van der Waals surface area (Å²) < 4.78 is 42.0. The van der Waals surface area contributed by atoms with Crippen molar-refractivity contribution in [2.24, 2.45) is 5.92 Å². The Morgan fingerprint density at radius 2 is 1.64 bits per heavy atom. The average molecular weight is 383 g/mol. The number of benzene rings is 2. The van der Waals surface area contributed by atoms with Crippen LogP contribution in [0.5, 0.6) is 0 Å². The minimum atomic E-state index is -0.875. The van der Waals surface area contributed by atoms with Crippen LogP contribution in [0.1, 0.15) is 60.3 Å². The van der Waals surface area contributed by atoms with Crippen molar-refractivity contribution in [3.8, 4) is 6.07 Å². The molecule has 0 radical (unpaired) electrons. The molecule has 0 spiro atoms. The van der Waals surface area contributed by atoms with Gasteiger partial charge in [-0.25, -0.2) is 13.2 Å². The van der Waals surface area contributed by atoms with Crippen molar-refractivity contribution in [1.29, 1.82) is 5.26 Å². The predicted octanol–water partition coefficient (Wildman–Crippen LogP) is 6.61. The summed E-state index contributed by atoms with van der Waals surface area (Å²) in [4.78, 5) is 0. The Balaban J connectivity index is 1.64. The summed E-state index contributed by atoms with van der Waals surface area (Å²) in [6, 6.07) is 9.19. The van der Waals surface area contributed by atoms with E-state index in [0.717, 1.165) is 49.8 Å². The van der Waals surface area contributed by atoms with E-state index in [9.17, 15) is 13.2 Å². The van der Waals surface area contributed by atoms with Gasteiger partial charge in [-0.1, -0.05) is 18.2 Å². The van der Waals surface area contributed by atoms with Gasteiger partial charge in [0.05, 0.1) is 0 Å². The topological polar surface area (TPSA) is 23.8 Å². The zero-order chi connectivity index (χ0) is 20.1. The van der Waals surface area contributed by atoms with Gasteiger partial charge in [0.25, 0.3) is 0 Å². The van der Waals surface area contributed by atoms with Gasteiger partial charge in [0, 0.05) is 0 Å². The van der Waals surface area contributed by atoms with Crippen molar-refractivity contribution in [3.63, 3.8) is 0 Å². The van der Waals surface area contributed by atoms with Crippen molar-refractivity contribution in [2.75, 3.05) is 0 Å². The fourth-order valence-electron chi connectivity index (χ4n) is 4.14. The van der Waals surface area contributed by atoms with Crippen molar-refractivity contribution < 1.29 is 13.2 Å². The first-order valence-electron chi connectivity index (χ1n) is 9.79.